The molecular weight excluding hydrogens is 248 g/mol. The first kappa shape index (κ1) is 13.2. The van der Waals surface area contributed by atoms with Crippen molar-refractivity contribution < 1.29 is 5.11 Å². The molecule has 98 valence electrons. The number of aromatic amines is 1. The van der Waals surface area contributed by atoms with E-state index in [1.807, 2.05) is 18.3 Å². The zero-order valence-electron chi connectivity index (χ0n) is 10.5. The molecular formula is C14H19ClN2O. The van der Waals surface area contributed by atoms with E-state index in [0.717, 1.165) is 29.9 Å². The van der Waals surface area contributed by atoms with Gasteiger partial charge in [0.05, 0.1) is 0 Å². The van der Waals surface area contributed by atoms with Crippen molar-refractivity contribution in [1.29, 1.82) is 0 Å². The monoisotopic (exact) mass is 266 g/mol. The van der Waals surface area contributed by atoms with E-state index in [9.17, 15) is 5.11 Å². The summed E-state index contributed by atoms with van der Waals surface area (Å²) in [6, 6.07) is 6.43. The Kier molecular flexibility index (Phi) is 3.83. The van der Waals surface area contributed by atoms with Crippen molar-refractivity contribution in [2.75, 3.05) is 13.6 Å². The van der Waals surface area contributed by atoms with Gasteiger partial charge in [0, 0.05) is 29.7 Å². The van der Waals surface area contributed by atoms with Crippen LogP contribution < -0.4 is 0 Å². The number of likely N-dealkylation sites (N-methyl/N-ethyl adjacent to an activating group) is 1. The zero-order valence-corrected chi connectivity index (χ0v) is 11.3. The van der Waals surface area contributed by atoms with Gasteiger partial charge < -0.3 is 15.0 Å². The van der Waals surface area contributed by atoms with Crippen LogP contribution in [-0.4, -0.2) is 34.6 Å². The van der Waals surface area contributed by atoms with E-state index < -0.39 is 0 Å². The van der Waals surface area contributed by atoms with Crippen molar-refractivity contribution in [3.63, 3.8) is 0 Å². The molecule has 0 saturated heterocycles. The summed E-state index contributed by atoms with van der Waals surface area (Å²) >= 11 is 0. The third kappa shape index (κ3) is 2.47. The van der Waals surface area contributed by atoms with Crippen LogP contribution in [0.15, 0.2) is 24.4 Å². The van der Waals surface area contributed by atoms with Gasteiger partial charge in [0.15, 0.2) is 0 Å². The number of aromatic hydroxyl groups is 1. The number of hydrogen-bond acceptors (Lipinski definition) is 2. The topological polar surface area (TPSA) is 39.3 Å². The second kappa shape index (κ2) is 5.21. The summed E-state index contributed by atoms with van der Waals surface area (Å²) in [6.07, 6.45) is 5.70. The minimum atomic E-state index is 0. The van der Waals surface area contributed by atoms with E-state index >= 15 is 0 Å². The number of phenols is 1. The fourth-order valence-electron chi connectivity index (χ4n) is 2.43. The summed E-state index contributed by atoms with van der Waals surface area (Å²) in [5.74, 6) is 0.382. The van der Waals surface area contributed by atoms with Crippen molar-refractivity contribution in [1.82, 2.24) is 9.88 Å². The number of H-pyrrole nitrogens is 1. The van der Waals surface area contributed by atoms with Crippen molar-refractivity contribution in [3.8, 4) is 5.75 Å². The fourth-order valence-corrected chi connectivity index (χ4v) is 2.43. The highest BCUT2D eigenvalue weighted by Crippen LogP contribution is 2.29. The molecule has 3 nitrogen and oxygen atoms in total. The van der Waals surface area contributed by atoms with Gasteiger partial charge in [0.2, 0.25) is 0 Å². The average molecular weight is 267 g/mol. The lowest BCUT2D eigenvalue weighted by Gasteiger charge is -2.14. The smallest absolute Gasteiger partial charge is 0.125 e. The second-order valence-electron chi connectivity index (χ2n) is 4.98. The molecule has 1 fully saturated rings. The molecule has 1 aromatic heterocycles. The first-order valence-electron chi connectivity index (χ1n) is 6.24. The van der Waals surface area contributed by atoms with Gasteiger partial charge >= 0.3 is 0 Å². The molecule has 1 saturated carbocycles. The summed E-state index contributed by atoms with van der Waals surface area (Å²) in [7, 11) is 2.19. The second-order valence-corrected chi connectivity index (χ2v) is 4.98. The standard InChI is InChI=1S/C14H18N2O.ClH/c1-16(11-5-6-11)8-7-10-9-15-12-3-2-4-13(17)14(10)12;/h2-4,9,11,15,17H,5-8H2,1H3;1H. The zero-order chi connectivity index (χ0) is 11.8. The van der Waals surface area contributed by atoms with E-state index in [-0.39, 0.29) is 12.4 Å². The third-order valence-corrected chi connectivity index (χ3v) is 3.67. The van der Waals surface area contributed by atoms with Gasteiger partial charge in [-0.1, -0.05) is 6.07 Å². The maximum Gasteiger partial charge on any atom is 0.125 e. The van der Waals surface area contributed by atoms with Crippen LogP contribution in [0.5, 0.6) is 5.75 Å². The van der Waals surface area contributed by atoms with Crippen molar-refractivity contribution in [2.24, 2.45) is 0 Å². The highest BCUT2D eigenvalue weighted by atomic mass is 35.5. The number of benzene rings is 1. The average Bonchev–Trinajstić information content (AvgIpc) is 3.08. The predicted molar refractivity (Wildman–Crippen MR) is 76.6 cm³/mol. The van der Waals surface area contributed by atoms with Crippen molar-refractivity contribution in [2.45, 2.75) is 25.3 Å². The number of phenolic OH excluding ortho intramolecular Hbond substituents is 1. The molecule has 1 aliphatic rings. The largest absolute Gasteiger partial charge is 0.507 e. The van der Waals surface area contributed by atoms with Crippen LogP contribution >= 0.6 is 12.4 Å². The Hall–Kier alpha value is -1.19. The lowest BCUT2D eigenvalue weighted by atomic mass is 10.1. The Balaban J connectivity index is 0.00000120. The number of fused-ring (bicyclic) bond motifs is 1. The van der Waals surface area contributed by atoms with Gasteiger partial charge in [0.1, 0.15) is 5.75 Å². The van der Waals surface area contributed by atoms with Crippen LogP contribution in [0, 0.1) is 0 Å². The molecule has 1 heterocycles. The van der Waals surface area contributed by atoms with Gasteiger partial charge in [-0.05, 0) is 44.0 Å². The van der Waals surface area contributed by atoms with Crippen LogP contribution in [0.1, 0.15) is 18.4 Å². The van der Waals surface area contributed by atoms with E-state index in [2.05, 4.69) is 16.9 Å². The molecule has 0 atom stereocenters. The maximum atomic E-state index is 9.89. The molecule has 0 spiro atoms. The molecule has 0 unspecified atom stereocenters. The molecule has 2 N–H and O–H groups in total. The van der Waals surface area contributed by atoms with Crippen LogP contribution in [-0.2, 0) is 6.42 Å². The Morgan fingerprint density at radius 1 is 1.39 bits per heavy atom. The molecule has 1 aromatic carbocycles. The first-order chi connectivity index (χ1) is 8.25. The van der Waals surface area contributed by atoms with Gasteiger partial charge in [-0.3, -0.25) is 0 Å². The summed E-state index contributed by atoms with van der Waals surface area (Å²) in [6.45, 7) is 1.06. The molecule has 3 rings (SSSR count). The molecule has 4 heteroatoms. The van der Waals surface area contributed by atoms with Gasteiger partial charge in [-0.2, -0.15) is 0 Å². The quantitative estimate of drug-likeness (QED) is 0.893. The molecule has 0 bridgehead atoms. The lowest BCUT2D eigenvalue weighted by molar-refractivity contribution is 0.329. The Morgan fingerprint density at radius 3 is 2.89 bits per heavy atom. The number of halogens is 1. The highest BCUT2D eigenvalue weighted by Gasteiger charge is 2.25. The predicted octanol–water partition coefficient (Wildman–Crippen LogP) is 2.93. The Labute approximate surface area is 113 Å². The van der Waals surface area contributed by atoms with E-state index in [4.69, 9.17) is 0 Å². The van der Waals surface area contributed by atoms with E-state index in [1.54, 1.807) is 6.07 Å². The maximum absolute atomic E-state index is 9.89. The van der Waals surface area contributed by atoms with E-state index in [1.165, 1.54) is 18.4 Å². The normalized spacial score (nSPS) is 15.0. The minimum absolute atomic E-state index is 0. The van der Waals surface area contributed by atoms with Crippen LogP contribution in [0.4, 0.5) is 0 Å². The number of aromatic nitrogens is 1. The molecule has 0 amide bonds. The van der Waals surface area contributed by atoms with Crippen molar-refractivity contribution in [3.05, 3.63) is 30.0 Å². The molecule has 18 heavy (non-hydrogen) atoms. The Bertz CT molecular complexity index is 534. The fraction of sp³-hybridized carbons (Fsp3) is 0.429. The van der Waals surface area contributed by atoms with Gasteiger partial charge in [-0.15, -0.1) is 12.4 Å². The number of nitrogens with zero attached hydrogens (tertiary/aromatic N) is 1. The lowest BCUT2D eigenvalue weighted by Crippen LogP contribution is -2.23. The SMILES string of the molecule is CN(CCc1c[nH]c2cccc(O)c12)C1CC1.Cl. The number of nitrogens with one attached hydrogen (secondary N) is 1. The highest BCUT2D eigenvalue weighted by molar-refractivity contribution is 5.88. The first-order valence-corrected chi connectivity index (χ1v) is 6.24. The molecule has 1 aliphatic carbocycles. The molecule has 0 radical (unpaired) electrons. The summed E-state index contributed by atoms with van der Waals surface area (Å²) in [5, 5.41) is 10.9. The van der Waals surface area contributed by atoms with Crippen LogP contribution in [0.3, 0.4) is 0 Å². The van der Waals surface area contributed by atoms with Crippen LogP contribution in [0.25, 0.3) is 10.9 Å². The minimum Gasteiger partial charge on any atom is -0.507 e. The summed E-state index contributed by atoms with van der Waals surface area (Å²) in [4.78, 5) is 5.63. The third-order valence-electron chi connectivity index (χ3n) is 3.67. The number of rotatable bonds is 4. The van der Waals surface area contributed by atoms with Crippen molar-refractivity contribution >= 4 is 23.3 Å². The van der Waals surface area contributed by atoms with Gasteiger partial charge in [0.25, 0.3) is 0 Å². The summed E-state index contributed by atoms with van der Waals surface area (Å²) in [5.41, 5.74) is 2.24. The van der Waals surface area contributed by atoms with Gasteiger partial charge in [-0.25, -0.2) is 0 Å². The number of hydrogen-bond donors (Lipinski definition) is 2. The van der Waals surface area contributed by atoms with Crippen LogP contribution in [0.2, 0.25) is 0 Å². The van der Waals surface area contributed by atoms with E-state index in [0.29, 0.717) is 5.75 Å². The Morgan fingerprint density at radius 2 is 2.17 bits per heavy atom. The molecule has 0 aliphatic heterocycles. The summed E-state index contributed by atoms with van der Waals surface area (Å²) < 4.78 is 0. The molecule has 2 aromatic rings.